The Morgan fingerprint density at radius 3 is 2.45 bits per heavy atom. The van der Waals surface area contributed by atoms with Crippen molar-refractivity contribution in [2.24, 2.45) is 11.3 Å². The molecule has 2 aliphatic rings. The van der Waals surface area contributed by atoms with Crippen molar-refractivity contribution in [2.75, 3.05) is 0 Å². The fraction of sp³-hybridized carbons (Fsp3) is 0.429. The monoisotopic (exact) mass is 583 g/mol. The predicted molar refractivity (Wildman–Crippen MR) is 167 cm³/mol. The third-order valence-corrected chi connectivity index (χ3v) is 9.04. The van der Waals surface area contributed by atoms with E-state index in [4.69, 9.17) is 21.3 Å². The van der Waals surface area contributed by atoms with Gasteiger partial charge in [-0.2, -0.15) is 5.26 Å². The van der Waals surface area contributed by atoms with Crippen molar-refractivity contribution >= 4 is 46.0 Å². The maximum Gasteiger partial charge on any atom is 0.339 e. The number of nitrogens with zero attached hydrogens (tertiary/aromatic N) is 2. The number of nitriles is 1. The molecule has 1 N–H and O–H groups in total. The summed E-state index contributed by atoms with van der Waals surface area (Å²) in [5.74, 6) is -0.752. The van der Waals surface area contributed by atoms with Crippen LogP contribution in [0.2, 0.25) is 5.02 Å². The number of pyridine rings is 1. The van der Waals surface area contributed by atoms with E-state index in [0.717, 1.165) is 48.1 Å². The van der Waals surface area contributed by atoms with Crippen LogP contribution in [0.5, 0.6) is 0 Å². The fourth-order valence-electron chi connectivity index (χ4n) is 6.16. The van der Waals surface area contributed by atoms with Crippen LogP contribution >= 0.6 is 11.6 Å². The lowest BCUT2D eigenvalue weighted by Gasteiger charge is -2.37. The minimum absolute atomic E-state index is 0.0254. The molecule has 7 heteroatoms. The second-order valence-corrected chi connectivity index (χ2v) is 13.3. The molecule has 5 rings (SSSR count). The molecule has 2 aliphatic carbocycles. The predicted octanol–water partition coefficient (Wildman–Crippen LogP) is 7.93. The Morgan fingerprint density at radius 2 is 1.79 bits per heavy atom. The highest BCUT2D eigenvalue weighted by molar-refractivity contribution is 6.30. The number of esters is 1. The van der Waals surface area contributed by atoms with E-state index in [1.807, 2.05) is 48.5 Å². The van der Waals surface area contributed by atoms with Crippen LogP contribution in [0.1, 0.15) is 93.4 Å². The molecule has 0 spiro atoms. The van der Waals surface area contributed by atoms with Crippen molar-refractivity contribution in [3.8, 4) is 6.07 Å². The Balaban J connectivity index is 1.55. The first kappa shape index (κ1) is 29.8. The topological polar surface area (TPSA) is 92.1 Å². The summed E-state index contributed by atoms with van der Waals surface area (Å²) in [4.78, 5) is 32.3. The summed E-state index contributed by atoms with van der Waals surface area (Å²) in [7, 11) is 0. The third-order valence-electron chi connectivity index (χ3n) is 8.79. The smallest absolute Gasteiger partial charge is 0.339 e. The average molecular weight is 584 g/mol. The quantitative estimate of drug-likeness (QED) is 0.308. The van der Waals surface area contributed by atoms with Crippen molar-refractivity contribution in [2.45, 2.75) is 84.3 Å². The van der Waals surface area contributed by atoms with Crippen molar-refractivity contribution in [1.82, 2.24) is 10.3 Å². The summed E-state index contributed by atoms with van der Waals surface area (Å²) < 4.78 is 5.87. The number of carbonyl (C=O) groups excluding carboxylic acids is 2. The molecule has 0 bridgehead atoms. The summed E-state index contributed by atoms with van der Waals surface area (Å²) in [5, 5.41) is 14.1. The number of aromatic nitrogens is 1. The minimum atomic E-state index is -1.06. The van der Waals surface area contributed by atoms with E-state index in [9.17, 15) is 14.9 Å². The molecule has 2 atom stereocenters. The largest absolute Gasteiger partial charge is 0.449 e. The van der Waals surface area contributed by atoms with E-state index in [1.54, 1.807) is 6.92 Å². The molecular formula is C35H38ClN3O3. The molecule has 218 valence electrons. The maximum absolute atomic E-state index is 14.0. The lowest BCUT2D eigenvalue weighted by molar-refractivity contribution is -0.130. The van der Waals surface area contributed by atoms with Gasteiger partial charge in [-0.3, -0.25) is 4.79 Å². The van der Waals surface area contributed by atoms with Crippen LogP contribution in [0.4, 0.5) is 0 Å². The number of nitrogens with one attached hydrogen (secondary N) is 1. The van der Waals surface area contributed by atoms with Crippen molar-refractivity contribution in [3.63, 3.8) is 0 Å². The average Bonchev–Trinajstić information content (AvgIpc) is 2.97. The molecule has 0 unspecified atom stereocenters. The molecule has 0 aliphatic heterocycles. The van der Waals surface area contributed by atoms with E-state index in [0.29, 0.717) is 40.8 Å². The summed E-state index contributed by atoms with van der Waals surface area (Å²) >= 11 is 6.14. The van der Waals surface area contributed by atoms with Gasteiger partial charge < -0.3 is 10.1 Å². The van der Waals surface area contributed by atoms with Crippen molar-refractivity contribution < 1.29 is 14.3 Å². The summed E-state index contributed by atoms with van der Waals surface area (Å²) in [6.45, 7) is 8.23. The second-order valence-electron chi connectivity index (χ2n) is 12.8. The number of benzene rings is 2. The maximum atomic E-state index is 14.0. The number of para-hydroxylation sites is 1. The van der Waals surface area contributed by atoms with Gasteiger partial charge in [-0.25, -0.2) is 9.78 Å². The molecule has 1 saturated carbocycles. The van der Waals surface area contributed by atoms with Crippen LogP contribution in [0.25, 0.3) is 22.6 Å². The van der Waals surface area contributed by atoms with E-state index in [1.165, 1.54) is 0 Å². The standard InChI is InChI=1S/C35H38ClN3O3/c1-22(32(40)39-35(21-37)16-8-5-9-17-35)42-33(41)30-27-10-6-7-11-29(27)38-31-24(18-23-12-14-26(36)15-13-23)19-25(20-28(30)31)34(2,3)4/h6-7,10-15,18,22,25H,5,8-9,16-17,19-20H2,1-4H3,(H,39,40)/b24-18+/t22-,25+/m1/s1. The highest BCUT2D eigenvalue weighted by atomic mass is 35.5. The van der Waals surface area contributed by atoms with Crippen molar-refractivity contribution in [1.29, 1.82) is 5.26 Å². The molecule has 6 nitrogen and oxygen atoms in total. The molecule has 0 radical (unpaired) electrons. The first-order chi connectivity index (χ1) is 20.0. The normalized spacial score (nSPS) is 19.9. The van der Waals surface area contributed by atoms with Gasteiger partial charge in [-0.05, 0) is 84.9 Å². The van der Waals surface area contributed by atoms with E-state index in [2.05, 4.69) is 38.2 Å². The van der Waals surface area contributed by atoms with Gasteiger partial charge in [0.05, 0.1) is 22.8 Å². The zero-order chi connectivity index (χ0) is 30.1. The van der Waals surface area contributed by atoms with Gasteiger partial charge in [0, 0.05) is 10.4 Å². The molecule has 1 amide bonds. The van der Waals surface area contributed by atoms with Gasteiger partial charge in [-0.1, -0.05) is 82.0 Å². The Hall–Kier alpha value is -3.69. The lowest BCUT2D eigenvalue weighted by atomic mass is 9.69. The minimum Gasteiger partial charge on any atom is -0.449 e. The molecule has 1 heterocycles. The van der Waals surface area contributed by atoms with Crippen LogP contribution in [-0.4, -0.2) is 28.5 Å². The molecular weight excluding hydrogens is 546 g/mol. The molecule has 3 aromatic rings. The van der Waals surface area contributed by atoms with Gasteiger partial charge >= 0.3 is 5.97 Å². The molecule has 1 aromatic heterocycles. The van der Waals surface area contributed by atoms with Gasteiger partial charge in [0.2, 0.25) is 0 Å². The Kier molecular flexibility index (Phi) is 8.44. The van der Waals surface area contributed by atoms with Gasteiger partial charge in [-0.15, -0.1) is 0 Å². The van der Waals surface area contributed by atoms with E-state index >= 15 is 0 Å². The number of hydrogen-bond donors (Lipinski definition) is 1. The Morgan fingerprint density at radius 1 is 1.10 bits per heavy atom. The van der Waals surface area contributed by atoms with Crippen molar-refractivity contribution in [3.05, 3.63) is 75.9 Å². The number of allylic oxidation sites excluding steroid dienone is 1. The van der Waals surface area contributed by atoms with Gasteiger partial charge in [0.25, 0.3) is 5.91 Å². The number of ether oxygens (including phenoxy) is 1. The lowest BCUT2D eigenvalue weighted by Crippen LogP contribution is -2.52. The number of fused-ring (bicyclic) bond motifs is 2. The Bertz CT molecular complexity index is 1570. The van der Waals surface area contributed by atoms with Crippen LogP contribution in [0.15, 0.2) is 48.5 Å². The number of carbonyl (C=O) groups is 2. The molecule has 1 fully saturated rings. The summed E-state index contributed by atoms with van der Waals surface area (Å²) in [6, 6.07) is 17.6. The van der Waals surface area contributed by atoms with Gasteiger partial charge in [0.1, 0.15) is 5.54 Å². The number of rotatable bonds is 5. The highest BCUT2D eigenvalue weighted by Crippen LogP contribution is 2.45. The van der Waals surface area contributed by atoms with Crippen LogP contribution in [0.3, 0.4) is 0 Å². The van der Waals surface area contributed by atoms with E-state index < -0.39 is 23.5 Å². The summed E-state index contributed by atoms with van der Waals surface area (Å²) in [5.41, 5.74) is 3.92. The molecule has 2 aromatic carbocycles. The number of halogens is 1. The zero-order valence-electron chi connectivity index (χ0n) is 24.8. The van der Waals surface area contributed by atoms with Gasteiger partial charge in [0.15, 0.2) is 6.10 Å². The second kappa shape index (κ2) is 11.9. The van der Waals surface area contributed by atoms with Crippen LogP contribution < -0.4 is 5.32 Å². The zero-order valence-corrected chi connectivity index (χ0v) is 25.6. The fourth-order valence-corrected chi connectivity index (χ4v) is 6.29. The van der Waals surface area contributed by atoms with E-state index in [-0.39, 0.29) is 11.3 Å². The third kappa shape index (κ3) is 6.22. The van der Waals surface area contributed by atoms with Crippen LogP contribution in [-0.2, 0) is 16.0 Å². The first-order valence-corrected chi connectivity index (χ1v) is 15.2. The summed E-state index contributed by atoms with van der Waals surface area (Å²) in [6.07, 6.45) is 6.59. The molecule has 0 saturated heterocycles. The SMILES string of the molecule is C[C@@H](OC(=O)c1c2c(nc3ccccc13)/C(=C/c1ccc(Cl)cc1)C[C@H](C(C)(C)C)C2)C(=O)NC1(C#N)CCCCC1. The number of amides is 1. The highest BCUT2D eigenvalue weighted by Gasteiger charge is 2.38. The number of hydrogen-bond acceptors (Lipinski definition) is 5. The first-order valence-electron chi connectivity index (χ1n) is 14.8. The Labute approximate surface area is 253 Å². The molecule has 42 heavy (non-hydrogen) atoms. The van der Waals surface area contributed by atoms with Crippen LogP contribution in [0, 0.1) is 22.7 Å².